The van der Waals surface area contributed by atoms with Crippen LogP contribution < -0.4 is 10.6 Å². The van der Waals surface area contributed by atoms with Crippen LogP contribution in [-0.4, -0.2) is 44.3 Å². The molecule has 0 radical (unpaired) electrons. The Labute approximate surface area is 206 Å². The second kappa shape index (κ2) is 10.1. The molecule has 11 heteroatoms. The second-order valence-electron chi connectivity index (χ2n) is 9.83. The molecule has 0 unspecified atom stereocenters. The number of nitrogens with one attached hydrogen (secondary N) is 2. The molecule has 2 N–H and O–H groups in total. The minimum absolute atomic E-state index is 0.0200. The summed E-state index contributed by atoms with van der Waals surface area (Å²) in [6, 6.07) is 3.76. The lowest BCUT2D eigenvalue weighted by Crippen LogP contribution is -2.19. The van der Waals surface area contributed by atoms with E-state index in [9.17, 15) is 13.6 Å². The molecule has 1 aliphatic heterocycles. The van der Waals surface area contributed by atoms with Gasteiger partial charge in [0, 0.05) is 19.3 Å². The van der Waals surface area contributed by atoms with Gasteiger partial charge in [-0.15, -0.1) is 0 Å². The fourth-order valence-electron chi connectivity index (χ4n) is 4.86. The summed E-state index contributed by atoms with van der Waals surface area (Å²) in [6.45, 7) is 5.74. The van der Waals surface area contributed by atoms with Crippen LogP contribution in [0.1, 0.15) is 74.6 Å². The third-order valence-corrected chi connectivity index (χ3v) is 7.70. The first kappa shape index (κ1) is 24.1. The summed E-state index contributed by atoms with van der Waals surface area (Å²) >= 11 is 1.15. The van der Waals surface area contributed by atoms with Gasteiger partial charge in [0.25, 0.3) is 12.3 Å². The maximum absolute atomic E-state index is 13.7. The molecular weight excluding hydrogens is 474 g/mol. The number of nitrogens with zero attached hydrogens (tertiary/aromatic N) is 4. The third kappa shape index (κ3) is 5.30. The van der Waals surface area contributed by atoms with Crippen molar-refractivity contribution in [1.82, 2.24) is 19.1 Å². The van der Waals surface area contributed by atoms with Gasteiger partial charge in [-0.25, -0.2) is 13.8 Å². The summed E-state index contributed by atoms with van der Waals surface area (Å²) in [6.07, 6.45) is 3.70. The molecule has 5 rings (SSSR count). The fourth-order valence-corrected chi connectivity index (χ4v) is 5.58. The number of pyridine rings is 1. The van der Waals surface area contributed by atoms with Crippen LogP contribution in [0, 0.1) is 11.8 Å². The normalized spacial score (nSPS) is 24.8. The van der Waals surface area contributed by atoms with Crippen molar-refractivity contribution in [1.29, 1.82) is 0 Å². The van der Waals surface area contributed by atoms with Crippen molar-refractivity contribution in [2.75, 3.05) is 23.8 Å². The van der Waals surface area contributed by atoms with E-state index < -0.39 is 18.0 Å². The Balaban J connectivity index is 1.32. The van der Waals surface area contributed by atoms with Gasteiger partial charge in [-0.2, -0.15) is 9.47 Å². The highest BCUT2D eigenvalue weighted by molar-refractivity contribution is 7.13. The lowest BCUT2D eigenvalue weighted by atomic mass is 9.87. The number of carbonyl (C=O) groups excluding carboxylic acids is 1. The molecule has 1 saturated carbocycles. The third-order valence-electron chi connectivity index (χ3n) is 6.90. The Bertz CT molecular complexity index is 1190. The average Bonchev–Trinajstić information content (AvgIpc) is 3.56. The quantitative estimate of drug-likeness (QED) is 0.431. The molecule has 0 aromatic carbocycles. The number of rotatable bonds is 7. The van der Waals surface area contributed by atoms with Crippen molar-refractivity contribution in [3.05, 3.63) is 29.7 Å². The zero-order chi connectivity index (χ0) is 24.5. The molecule has 35 heavy (non-hydrogen) atoms. The zero-order valence-corrected chi connectivity index (χ0v) is 20.7. The summed E-state index contributed by atoms with van der Waals surface area (Å²) in [5.41, 5.74) is 0.147. The molecule has 3 aromatic heterocycles. The molecule has 3 aromatic rings. The standard InChI is InChI=1S/C24H30F2N6O2S/c1-13-3-5-15(6-4-13)32-11-17(20(30-32)23(25)26)28-24(33)22-21-18(35-31-22)7-8-19(29-21)27-10-16-9-14(2)12-34-16/h7-8,11,13-16,23H,3-6,9-10,12H2,1-2H3,(H,27,29)(H,28,33)/t13-,14-,15-,16+/m0/s1. The van der Waals surface area contributed by atoms with E-state index in [1.165, 1.54) is 6.20 Å². The van der Waals surface area contributed by atoms with Crippen LogP contribution in [0.2, 0.25) is 0 Å². The minimum Gasteiger partial charge on any atom is -0.376 e. The monoisotopic (exact) mass is 504 g/mol. The van der Waals surface area contributed by atoms with Crippen molar-refractivity contribution in [2.45, 2.75) is 64.5 Å². The van der Waals surface area contributed by atoms with Crippen LogP contribution in [0.3, 0.4) is 0 Å². The molecular formula is C24H30F2N6O2S. The van der Waals surface area contributed by atoms with Crippen molar-refractivity contribution < 1.29 is 18.3 Å². The van der Waals surface area contributed by atoms with Crippen LogP contribution in [0.25, 0.3) is 10.2 Å². The first-order chi connectivity index (χ1) is 16.9. The summed E-state index contributed by atoms with van der Waals surface area (Å²) in [7, 11) is 0. The highest BCUT2D eigenvalue weighted by Crippen LogP contribution is 2.35. The van der Waals surface area contributed by atoms with E-state index in [2.05, 4.69) is 38.9 Å². The Hall–Kier alpha value is -2.66. The van der Waals surface area contributed by atoms with Gasteiger partial charge >= 0.3 is 0 Å². The van der Waals surface area contributed by atoms with Crippen molar-refractivity contribution >= 4 is 39.2 Å². The van der Waals surface area contributed by atoms with Crippen molar-refractivity contribution in [2.24, 2.45) is 11.8 Å². The molecule has 1 saturated heterocycles. The first-order valence-electron chi connectivity index (χ1n) is 12.2. The van der Waals surface area contributed by atoms with E-state index in [4.69, 9.17) is 4.74 Å². The van der Waals surface area contributed by atoms with Gasteiger partial charge in [0.15, 0.2) is 11.4 Å². The van der Waals surface area contributed by atoms with E-state index in [1.807, 2.05) is 12.1 Å². The number of hydrogen-bond acceptors (Lipinski definition) is 7. The first-order valence-corrected chi connectivity index (χ1v) is 12.9. The Morgan fingerprint density at radius 3 is 2.74 bits per heavy atom. The largest absolute Gasteiger partial charge is 0.376 e. The summed E-state index contributed by atoms with van der Waals surface area (Å²) in [5, 5.41) is 10.0. The van der Waals surface area contributed by atoms with Crippen LogP contribution in [0.15, 0.2) is 18.3 Å². The number of carbonyl (C=O) groups is 1. The van der Waals surface area contributed by atoms with Gasteiger partial charge in [-0.3, -0.25) is 9.48 Å². The topological polar surface area (TPSA) is 94.0 Å². The smallest absolute Gasteiger partial charge is 0.284 e. The average molecular weight is 505 g/mol. The van der Waals surface area contributed by atoms with Crippen molar-refractivity contribution in [3.63, 3.8) is 0 Å². The number of amides is 1. The zero-order valence-electron chi connectivity index (χ0n) is 19.8. The van der Waals surface area contributed by atoms with Gasteiger partial charge < -0.3 is 15.4 Å². The minimum atomic E-state index is -2.80. The highest BCUT2D eigenvalue weighted by atomic mass is 32.1. The van der Waals surface area contributed by atoms with Gasteiger partial charge in [-0.1, -0.05) is 13.8 Å². The Kier molecular flexibility index (Phi) is 6.97. The van der Waals surface area contributed by atoms with Crippen LogP contribution >= 0.6 is 11.5 Å². The van der Waals surface area contributed by atoms with E-state index >= 15 is 0 Å². The number of halogens is 2. The Morgan fingerprint density at radius 1 is 1.23 bits per heavy atom. The molecule has 0 spiro atoms. The number of alkyl halides is 2. The maximum atomic E-state index is 13.7. The van der Waals surface area contributed by atoms with Crippen LogP contribution in [0.4, 0.5) is 20.3 Å². The molecule has 1 amide bonds. The van der Waals surface area contributed by atoms with Gasteiger partial charge in [0.2, 0.25) is 0 Å². The molecule has 4 heterocycles. The predicted octanol–water partition coefficient (Wildman–Crippen LogP) is 5.67. The number of fused-ring (bicyclic) bond motifs is 1. The molecule has 8 nitrogen and oxygen atoms in total. The summed E-state index contributed by atoms with van der Waals surface area (Å²) < 4.78 is 39.8. The molecule has 2 aliphatic rings. The van der Waals surface area contributed by atoms with E-state index in [-0.39, 0.29) is 23.5 Å². The van der Waals surface area contributed by atoms with E-state index in [1.54, 1.807) is 4.68 Å². The van der Waals surface area contributed by atoms with Crippen LogP contribution in [0.5, 0.6) is 0 Å². The molecule has 2 atom stereocenters. The van der Waals surface area contributed by atoms with Gasteiger partial charge in [0.1, 0.15) is 11.3 Å². The predicted molar refractivity (Wildman–Crippen MR) is 131 cm³/mol. The number of hydrogen-bond donors (Lipinski definition) is 2. The second-order valence-corrected chi connectivity index (χ2v) is 10.6. The maximum Gasteiger partial charge on any atom is 0.284 e. The Morgan fingerprint density at radius 2 is 2.03 bits per heavy atom. The molecule has 2 fully saturated rings. The lowest BCUT2D eigenvalue weighted by Gasteiger charge is -2.26. The van der Waals surface area contributed by atoms with Gasteiger partial charge in [0.05, 0.1) is 22.5 Å². The summed E-state index contributed by atoms with van der Waals surface area (Å²) in [4.78, 5) is 17.7. The highest BCUT2D eigenvalue weighted by Gasteiger charge is 2.27. The number of ether oxygens (including phenoxy) is 1. The van der Waals surface area contributed by atoms with Crippen LogP contribution in [-0.2, 0) is 4.74 Å². The van der Waals surface area contributed by atoms with E-state index in [0.717, 1.165) is 54.9 Å². The molecule has 1 aliphatic carbocycles. The lowest BCUT2D eigenvalue weighted by molar-refractivity contribution is 0.102. The SMILES string of the molecule is C[C@@H]1CO[C@@H](CNc2ccc3snc(C(=O)Nc4cn([C@H]5CC[C@H](C)CC5)nc4C(F)F)c3n2)C1. The number of aromatic nitrogens is 4. The fraction of sp³-hybridized carbons (Fsp3) is 0.583. The van der Waals surface area contributed by atoms with Gasteiger partial charge in [-0.05, 0) is 67.6 Å². The van der Waals surface area contributed by atoms with Crippen molar-refractivity contribution in [3.8, 4) is 0 Å². The molecule has 188 valence electrons. The van der Waals surface area contributed by atoms with E-state index in [0.29, 0.717) is 29.7 Å². The molecule has 0 bridgehead atoms. The summed E-state index contributed by atoms with van der Waals surface area (Å²) in [5.74, 6) is 1.21. The number of anilines is 2.